The van der Waals surface area contributed by atoms with Crippen LogP contribution in [-0.2, 0) is 26.7 Å². The highest BCUT2D eigenvalue weighted by atomic mass is 32.2. The van der Waals surface area contributed by atoms with E-state index in [1.165, 1.54) is 15.9 Å². The standard InChI is InChI=1S/C44H55FN8O5S/c1-28-22-34-39(50(5)44(28)56)23-31(24-40(34)53-21-20-49(4)38-10-7-33(26-41(38)53)59(57,58)48(2)3)30-14-16-51(17-15-30)27-29-12-18-52(19-13-29)37-9-6-32(25-35(37)45)46-36-8-11-42(54)47-43(36)55/h6-7,9-10,22-26,29-30,36,46H,8,11-21,27H2,1-5H3,(H,47,54,55). The minimum Gasteiger partial charge on any atom is -0.374 e. The number of benzene rings is 3. The molecule has 1 aromatic heterocycles. The number of carbonyl (C=O) groups is 2. The first-order valence-electron chi connectivity index (χ1n) is 20.7. The van der Waals surface area contributed by atoms with E-state index < -0.39 is 16.1 Å². The molecule has 4 aromatic rings. The van der Waals surface area contributed by atoms with Crippen LogP contribution in [0.1, 0.15) is 55.6 Å². The number of rotatable bonds is 9. The number of likely N-dealkylation sites (tertiary alicyclic amines) is 1. The van der Waals surface area contributed by atoms with Crippen molar-refractivity contribution in [3.05, 3.63) is 81.9 Å². The number of hydrogen-bond donors (Lipinski definition) is 2. The Morgan fingerprint density at radius 2 is 1.54 bits per heavy atom. The fourth-order valence-electron chi connectivity index (χ4n) is 9.39. The largest absolute Gasteiger partial charge is 0.374 e. The first kappa shape index (κ1) is 40.8. The van der Waals surface area contributed by atoms with Gasteiger partial charge in [-0.3, -0.25) is 19.7 Å². The monoisotopic (exact) mass is 826 g/mol. The number of anilines is 5. The second-order valence-electron chi connectivity index (χ2n) is 17.0. The number of carbonyl (C=O) groups excluding carboxylic acids is 2. The van der Waals surface area contributed by atoms with Crippen LogP contribution in [0.25, 0.3) is 10.9 Å². The Labute approximate surface area is 345 Å². The number of nitrogens with one attached hydrogen (secondary N) is 2. The number of likely N-dealkylation sites (N-methyl/N-ethyl adjacent to an activating group) is 1. The molecular weight excluding hydrogens is 772 g/mol. The molecule has 3 saturated heterocycles. The van der Waals surface area contributed by atoms with Crippen LogP contribution in [0.2, 0.25) is 0 Å². The zero-order valence-corrected chi connectivity index (χ0v) is 35.4. The van der Waals surface area contributed by atoms with Crippen LogP contribution in [0, 0.1) is 18.7 Å². The van der Waals surface area contributed by atoms with E-state index in [4.69, 9.17) is 0 Å². The summed E-state index contributed by atoms with van der Waals surface area (Å²) in [7, 11) is 3.30. The molecule has 0 radical (unpaired) electrons. The first-order valence-corrected chi connectivity index (χ1v) is 22.2. The number of imide groups is 1. The second kappa shape index (κ2) is 16.2. The van der Waals surface area contributed by atoms with Crippen molar-refractivity contribution in [1.29, 1.82) is 0 Å². The molecule has 0 saturated carbocycles. The molecule has 5 heterocycles. The maximum atomic E-state index is 15.3. The van der Waals surface area contributed by atoms with Gasteiger partial charge in [-0.25, -0.2) is 17.1 Å². The van der Waals surface area contributed by atoms with Crippen molar-refractivity contribution in [2.45, 2.75) is 62.3 Å². The maximum Gasteiger partial charge on any atom is 0.253 e. The number of hydrogen-bond acceptors (Lipinski definition) is 10. The lowest BCUT2D eigenvalue weighted by Crippen LogP contribution is -2.47. The number of halogens is 1. The molecule has 0 bridgehead atoms. The highest BCUT2D eigenvalue weighted by Crippen LogP contribution is 2.44. The van der Waals surface area contributed by atoms with E-state index in [-0.39, 0.29) is 34.5 Å². The Bertz CT molecular complexity index is 2460. The van der Waals surface area contributed by atoms with Gasteiger partial charge in [-0.05, 0) is 124 Å². The van der Waals surface area contributed by atoms with Crippen LogP contribution in [0.3, 0.4) is 0 Å². The predicted molar refractivity (Wildman–Crippen MR) is 231 cm³/mol. The minimum atomic E-state index is -3.66. The number of amides is 2. The van der Waals surface area contributed by atoms with Crippen LogP contribution >= 0.6 is 0 Å². The molecule has 0 aliphatic carbocycles. The van der Waals surface area contributed by atoms with Crippen LogP contribution in [0.15, 0.2) is 64.3 Å². The topological polar surface area (TPSA) is 131 Å². The number of nitrogens with zero attached hydrogens (tertiary/aromatic N) is 6. The van der Waals surface area contributed by atoms with Gasteiger partial charge >= 0.3 is 0 Å². The lowest BCUT2D eigenvalue weighted by Gasteiger charge is -2.39. The van der Waals surface area contributed by atoms with Gasteiger partial charge in [-0.1, -0.05) is 0 Å². The molecule has 1 atom stereocenters. The molecule has 4 aliphatic heterocycles. The average molecular weight is 827 g/mol. The summed E-state index contributed by atoms with van der Waals surface area (Å²) in [6.45, 7) is 7.74. The number of sulfonamides is 1. The van der Waals surface area contributed by atoms with Crippen LogP contribution in [0.4, 0.5) is 32.8 Å². The molecule has 2 N–H and O–H groups in total. The Hall–Kier alpha value is -4.99. The predicted octanol–water partition coefficient (Wildman–Crippen LogP) is 5.14. The molecule has 15 heteroatoms. The summed E-state index contributed by atoms with van der Waals surface area (Å²) < 4.78 is 44.9. The van der Waals surface area contributed by atoms with Crippen molar-refractivity contribution >= 4 is 61.2 Å². The van der Waals surface area contributed by atoms with Gasteiger partial charge in [0.25, 0.3) is 5.56 Å². The van der Waals surface area contributed by atoms with E-state index in [0.717, 1.165) is 92.9 Å². The third-order valence-electron chi connectivity index (χ3n) is 13.0. The van der Waals surface area contributed by atoms with Gasteiger partial charge in [0.1, 0.15) is 11.9 Å². The smallest absolute Gasteiger partial charge is 0.253 e. The summed E-state index contributed by atoms with van der Waals surface area (Å²) in [6, 6.07) is 16.3. The van der Waals surface area contributed by atoms with Gasteiger partial charge < -0.3 is 29.5 Å². The van der Waals surface area contributed by atoms with Crippen LogP contribution in [-0.4, -0.2) is 107 Å². The zero-order valence-electron chi connectivity index (χ0n) is 34.6. The summed E-state index contributed by atoms with van der Waals surface area (Å²) >= 11 is 0. The number of fused-ring (bicyclic) bond motifs is 2. The van der Waals surface area contributed by atoms with Crippen LogP contribution in [0.5, 0.6) is 0 Å². The molecule has 3 aromatic carbocycles. The molecule has 8 rings (SSSR count). The zero-order chi connectivity index (χ0) is 41.7. The fourth-order valence-corrected chi connectivity index (χ4v) is 10.3. The normalized spacial score (nSPS) is 20.1. The molecular formula is C44H55FN8O5S. The Morgan fingerprint density at radius 3 is 2.24 bits per heavy atom. The van der Waals surface area contributed by atoms with Gasteiger partial charge in [0, 0.05) is 84.0 Å². The summed E-state index contributed by atoms with van der Waals surface area (Å²) in [5.41, 5.74) is 6.55. The van der Waals surface area contributed by atoms with Crippen molar-refractivity contribution < 1.29 is 22.4 Å². The number of pyridine rings is 1. The molecule has 4 aliphatic rings. The number of aromatic nitrogens is 1. The van der Waals surface area contributed by atoms with E-state index in [0.29, 0.717) is 41.7 Å². The SMILES string of the molecule is Cc1cc2c(N3CCN(C)c4ccc(S(=O)(=O)N(C)C)cc43)cc(C3CCN(CC4CCN(c5ccc(NC6CCC(=O)NC6=O)cc5F)CC4)CC3)cc2n(C)c1=O. The molecule has 2 amide bonds. The van der Waals surface area contributed by atoms with Gasteiger partial charge in [0.05, 0.1) is 33.2 Å². The summed E-state index contributed by atoms with van der Waals surface area (Å²) in [5, 5.41) is 6.37. The van der Waals surface area contributed by atoms with E-state index in [9.17, 15) is 22.8 Å². The molecule has 3 fully saturated rings. The van der Waals surface area contributed by atoms with Gasteiger partial charge in [-0.15, -0.1) is 0 Å². The van der Waals surface area contributed by atoms with Crippen molar-refractivity contribution in [3.63, 3.8) is 0 Å². The summed E-state index contributed by atoms with van der Waals surface area (Å²) in [6.07, 6.45) is 4.56. The second-order valence-corrected chi connectivity index (χ2v) is 19.1. The number of aryl methyl sites for hydroxylation is 2. The lowest BCUT2D eigenvalue weighted by atomic mass is 9.87. The molecule has 0 spiro atoms. The van der Waals surface area contributed by atoms with Crippen LogP contribution < -0.4 is 30.9 Å². The molecule has 1 unspecified atom stereocenters. The third kappa shape index (κ3) is 8.04. The first-order chi connectivity index (χ1) is 28.2. The van der Waals surface area contributed by atoms with Crippen molar-refractivity contribution in [3.8, 4) is 0 Å². The minimum absolute atomic E-state index is 0.0267. The Morgan fingerprint density at radius 1 is 0.814 bits per heavy atom. The van der Waals surface area contributed by atoms with E-state index in [1.807, 2.05) is 33.2 Å². The van der Waals surface area contributed by atoms with E-state index >= 15 is 4.39 Å². The van der Waals surface area contributed by atoms with E-state index in [1.54, 1.807) is 42.9 Å². The van der Waals surface area contributed by atoms with Gasteiger partial charge in [0.2, 0.25) is 21.8 Å². The van der Waals surface area contributed by atoms with Crippen molar-refractivity contribution in [2.75, 3.05) is 87.0 Å². The van der Waals surface area contributed by atoms with E-state index in [2.05, 4.69) is 42.4 Å². The maximum absolute atomic E-state index is 15.3. The van der Waals surface area contributed by atoms with Gasteiger partial charge in [-0.2, -0.15) is 0 Å². The summed E-state index contributed by atoms with van der Waals surface area (Å²) in [5.74, 6) is -0.171. The summed E-state index contributed by atoms with van der Waals surface area (Å²) in [4.78, 5) is 46.3. The van der Waals surface area contributed by atoms with Crippen molar-refractivity contribution in [2.24, 2.45) is 13.0 Å². The Kier molecular flexibility index (Phi) is 11.2. The third-order valence-corrected chi connectivity index (χ3v) is 14.8. The highest BCUT2D eigenvalue weighted by molar-refractivity contribution is 7.89. The Balaban J connectivity index is 0.950. The van der Waals surface area contributed by atoms with Gasteiger partial charge in [0.15, 0.2) is 0 Å². The lowest BCUT2D eigenvalue weighted by molar-refractivity contribution is -0.133. The molecule has 13 nitrogen and oxygen atoms in total. The fraction of sp³-hybridized carbons (Fsp3) is 0.477. The highest BCUT2D eigenvalue weighted by Gasteiger charge is 2.31. The van der Waals surface area contributed by atoms with Crippen molar-refractivity contribution in [1.82, 2.24) is 19.1 Å². The molecule has 59 heavy (non-hydrogen) atoms. The quantitative estimate of drug-likeness (QED) is 0.219. The average Bonchev–Trinajstić information content (AvgIpc) is 3.21. The molecule has 314 valence electrons. The number of piperidine rings is 3.